The lowest BCUT2D eigenvalue weighted by Gasteiger charge is -2.23. The molecule has 0 amide bonds. The zero-order chi connectivity index (χ0) is 12.7. The summed E-state index contributed by atoms with van der Waals surface area (Å²) in [4.78, 5) is 4.49. The molecule has 0 aliphatic heterocycles. The van der Waals surface area contributed by atoms with E-state index in [2.05, 4.69) is 48.9 Å². The average molecular weight is 237 g/mol. The van der Waals surface area contributed by atoms with E-state index in [4.69, 9.17) is 0 Å². The van der Waals surface area contributed by atoms with Crippen LogP contribution in [0, 0.1) is 5.92 Å². The fraction of sp³-hybridized carbons (Fsp3) is 0.786. The molecule has 0 saturated carbocycles. The van der Waals surface area contributed by atoms with E-state index in [0.29, 0.717) is 12.0 Å². The highest BCUT2D eigenvalue weighted by Crippen LogP contribution is 2.14. The largest absolute Gasteiger partial charge is 0.335 e. The Hall–Kier alpha value is -0.830. The van der Waals surface area contributed by atoms with Crippen molar-refractivity contribution in [3.05, 3.63) is 18.2 Å². The molecule has 0 radical (unpaired) electrons. The Kier molecular flexibility index (Phi) is 6.27. The number of hydrogen-bond donors (Lipinski definition) is 1. The molecular weight excluding hydrogens is 210 g/mol. The zero-order valence-electron chi connectivity index (χ0n) is 11.7. The Labute approximate surface area is 106 Å². The minimum Gasteiger partial charge on any atom is -0.335 e. The van der Waals surface area contributed by atoms with Crippen molar-refractivity contribution in [3.63, 3.8) is 0 Å². The topological polar surface area (TPSA) is 29.9 Å². The van der Waals surface area contributed by atoms with Crippen LogP contribution in [-0.2, 0) is 13.0 Å². The van der Waals surface area contributed by atoms with Gasteiger partial charge in [-0.3, -0.25) is 0 Å². The highest BCUT2D eigenvalue weighted by molar-refractivity contribution is 4.96. The molecule has 1 rings (SSSR count). The number of imidazole rings is 1. The van der Waals surface area contributed by atoms with Gasteiger partial charge in [-0.2, -0.15) is 0 Å². The second-order valence-corrected chi connectivity index (χ2v) is 4.90. The zero-order valence-corrected chi connectivity index (χ0v) is 11.7. The Morgan fingerprint density at radius 1 is 1.35 bits per heavy atom. The molecule has 3 nitrogen and oxygen atoms in total. The summed E-state index contributed by atoms with van der Waals surface area (Å²) in [6.45, 7) is 7.87. The summed E-state index contributed by atoms with van der Waals surface area (Å²) < 4.78 is 2.28. The molecule has 1 heterocycles. The van der Waals surface area contributed by atoms with E-state index < -0.39 is 0 Å². The smallest absolute Gasteiger partial charge is 0.110 e. The highest BCUT2D eigenvalue weighted by atomic mass is 15.1. The quantitative estimate of drug-likeness (QED) is 0.753. The van der Waals surface area contributed by atoms with Crippen LogP contribution < -0.4 is 5.32 Å². The van der Waals surface area contributed by atoms with Crippen LogP contribution in [0.15, 0.2) is 12.4 Å². The normalized spacial score (nSPS) is 14.8. The summed E-state index contributed by atoms with van der Waals surface area (Å²) in [5.41, 5.74) is 0. The maximum absolute atomic E-state index is 4.49. The second kappa shape index (κ2) is 7.49. The number of nitrogens with zero attached hydrogens (tertiary/aromatic N) is 2. The first-order chi connectivity index (χ1) is 8.22. The van der Waals surface area contributed by atoms with Gasteiger partial charge < -0.3 is 9.88 Å². The van der Waals surface area contributed by atoms with Crippen molar-refractivity contribution in [2.75, 3.05) is 7.05 Å². The predicted molar refractivity (Wildman–Crippen MR) is 73.1 cm³/mol. The van der Waals surface area contributed by atoms with Crippen molar-refractivity contribution in [1.29, 1.82) is 0 Å². The van der Waals surface area contributed by atoms with Crippen LogP contribution in [-0.4, -0.2) is 22.6 Å². The van der Waals surface area contributed by atoms with Crippen molar-refractivity contribution >= 4 is 0 Å². The van der Waals surface area contributed by atoms with Gasteiger partial charge in [0.15, 0.2) is 0 Å². The van der Waals surface area contributed by atoms with Gasteiger partial charge in [-0.15, -0.1) is 0 Å². The van der Waals surface area contributed by atoms with Gasteiger partial charge in [0, 0.05) is 31.4 Å². The van der Waals surface area contributed by atoms with Gasteiger partial charge in [0.1, 0.15) is 5.82 Å². The minimum absolute atomic E-state index is 0.535. The van der Waals surface area contributed by atoms with Crippen LogP contribution in [0.1, 0.15) is 45.9 Å². The monoisotopic (exact) mass is 237 g/mol. The van der Waals surface area contributed by atoms with Gasteiger partial charge >= 0.3 is 0 Å². The van der Waals surface area contributed by atoms with Gasteiger partial charge in [0.25, 0.3) is 0 Å². The lowest BCUT2D eigenvalue weighted by Crippen LogP contribution is -2.35. The maximum Gasteiger partial charge on any atom is 0.110 e. The van der Waals surface area contributed by atoms with Crippen LogP contribution in [0.5, 0.6) is 0 Å². The Bertz CT molecular complexity index is 306. The molecule has 17 heavy (non-hydrogen) atoms. The van der Waals surface area contributed by atoms with Gasteiger partial charge in [-0.05, 0) is 25.8 Å². The van der Waals surface area contributed by atoms with Crippen molar-refractivity contribution < 1.29 is 0 Å². The molecule has 3 heteroatoms. The number of hydrogen-bond acceptors (Lipinski definition) is 2. The molecule has 0 aromatic carbocycles. The van der Waals surface area contributed by atoms with E-state index in [1.54, 1.807) is 0 Å². The predicted octanol–water partition coefficient (Wildman–Crippen LogP) is 2.86. The third-order valence-electron chi connectivity index (χ3n) is 3.47. The molecule has 1 N–H and O–H groups in total. The van der Waals surface area contributed by atoms with Gasteiger partial charge in [0.05, 0.1) is 0 Å². The van der Waals surface area contributed by atoms with E-state index in [0.717, 1.165) is 19.4 Å². The molecule has 1 aromatic heterocycles. The molecule has 0 fully saturated rings. The summed E-state index contributed by atoms with van der Waals surface area (Å²) in [6.07, 6.45) is 8.74. The van der Waals surface area contributed by atoms with E-state index >= 15 is 0 Å². The van der Waals surface area contributed by atoms with Gasteiger partial charge in [0.2, 0.25) is 0 Å². The van der Waals surface area contributed by atoms with E-state index in [-0.39, 0.29) is 0 Å². The molecule has 0 spiro atoms. The van der Waals surface area contributed by atoms with Gasteiger partial charge in [-0.25, -0.2) is 4.98 Å². The van der Waals surface area contributed by atoms with Crippen molar-refractivity contribution in [2.45, 2.75) is 59.0 Å². The molecule has 2 atom stereocenters. The molecular formula is C14H27N3. The highest BCUT2D eigenvalue weighted by Gasteiger charge is 2.17. The van der Waals surface area contributed by atoms with Crippen molar-refractivity contribution in [1.82, 2.24) is 14.9 Å². The van der Waals surface area contributed by atoms with Crippen LogP contribution >= 0.6 is 0 Å². The first-order valence-corrected chi connectivity index (χ1v) is 6.90. The average Bonchev–Trinajstić information content (AvgIpc) is 2.74. The molecule has 0 saturated heterocycles. The molecule has 2 unspecified atom stereocenters. The van der Waals surface area contributed by atoms with Crippen LogP contribution in [0.3, 0.4) is 0 Å². The summed E-state index contributed by atoms with van der Waals surface area (Å²) in [5, 5.41) is 3.44. The summed E-state index contributed by atoms with van der Waals surface area (Å²) >= 11 is 0. The first kappa shape index (κ1) is 14.2. The third-order valence-corrected chi connectivity index (χ3v) is 3.47. The fourth-order valence-electron chi connectivity index (χ4n) is 2.42. The third kappa shape index (κ3) is 4.15. The minimum atomic E-state index is 0.535. The number of rotatable bonds is 8. The number of likely N-dealkylation sites (N-methyl/N-ethyl adjacent to an activating group) is 1. The van der Waals surface area contributed by atoms with Crippen LogP contribution in [0.25, 0.3) is 0 Å². The summed E-state index contributed by atoms with van der Waals surface area (Å²) in [6, 6.07) is 0.535. The lowest BCUT2D eigenvalue weighted by molar-refractivity contribution is 0.363. The van der Waals surface area contributed by atoms with Crippen LogP contribution in [0.4, 0.5) is 0 Å². The summed E-state index contributed by atoms with van der Waals surface area (Å²) in [5.74, 6) is 1.92. The van der Waals surface area contributed by atoms with Crippen molar-refractivity contribution in [2.24, 2.45) is 5.92 Å². The molecule has 0 bridgehead atoms. The molecule has 0 aliphatic carbocycles. The maximum atomic E-state index is 4.49. The lowest BCUT2D eigenvalue weighted by atomic mass is 9.94. The fourth-order valence-corrected chi connectivity index (χ4v) is 2.42. The first-order valence-electron chi connectivity index (χ1n) is 6.90. The van der Waals surface area contributed by atoms with E-state index in [1.165, 1.54) is 18.7 Å². The SMILES string of the molecule is CCCC(C)C(Cc1nccn1CCC)NC. The number of aryl methyl sites for hydroxylation is 1. The molecule has 0 aliphatic rings. The van der Waals surface area contributed by atoms with E-state index in [1.807, 2.05) is 6.20 Å². The summed E-state index contributed by atoms with van der Waals surface area (Å²) in [7, 11) is 2.06. The van der Waals surface area contributed by atoms with Gasteiger partial charge in [-0.1, -0.05) is 27.2 Å². The second-order valence-electron chi connectivity index (χ2n) is 4.90. The molecule has 1 aromatic rings. The number of nitrogens with one attached hydrogen (secondary N) is 1. The van der Waals surface area contributed by atoms with Crippen LogP contribution in [0.2, 0.25) is 0 Å². The van der Waals surface area contributed by atoms with E-state index in [9.17, 15) is 0 Å². The molecule has 98 valence electrons. The number of aromatic nitrogens is 2. The Morgan fingerprint density at radius 3 is 2.71 bits per heavy atom. The Morgan fingerprint density at radius 2 is 2.12 bits per heavy atom. The Balaban J connectivity index is 2.63. The standard InChI is InChI=1S/C14H27N3/c1-5-7-12(3)13(15-4)11-14-16-8-10-17(14)9-6-2/h8,10,12-13,15H,5-7,9,11H2,1-4H3. The van der Waals surface area contributed by atoms with Crippen molar-refractivity contribution in [3.8, 4) is 0 Å².